The minimum Gasteiger partial charge on any atom is -0.336 e. The number of nitrogens with zero attached hydrogens (tertiary/aromatic N) is 4. The van der Waals surface area contributed by atoms with Gasteiger partial charge in [0.1, 0.15) is 5.82 Å². The number of rotatable bonds is 3. The normalized spacial score (nSPS) is 18.6. The number of carbonyl (C=O) groups is 1. The summed E-state index contributed by atoms with van der Waals surface area (Å²) < 4.78 is 15.0. The highest BCUT2D eigenvalue weighted by Gasteiger charge is 2.35. The molecule has 1 saturated carbocycles. The molecule has 6 heteroatoms. The molecule has 4 rings (SSSR count). The summed E-state index contributed by atoms with van der Waals surface area (Å²) in [4.78, 5) is 17.3. The first-order valence-electron chi connectivity index (χ1n) is 8.88. The molecule has 132 valence electrons. The predicted molar refractivity (Wildman–Crippen MR) is 93.6 cm³/mol. The monoisotopic (exact) mass is 342 g/mol. The molecule has 25 heavy (non-hydrogen) atoms. The first-order chi connectivity index (χ1) is 12.0. The van der Waals surface area contributed by atoms with E-state index in [1.165, 1.54) is 12.1 Å². The molecular weight excluding hydrogens is 319 g/mol. The second-order valence-corrected chi connectivity index (χ2v) is 7.10. The number of carbonyl (C=O) groups excluding carboxylic acids is 1. The lowest BCUT2D eigenvalue weighted by Crippen LogP contribution is -2.47. The largest absolute Gasteiger partial charge is 0.336 e. The lowest BCUT2D eigenvalue weighted by atomic mass is 10.1. The number of halogens is 1. The molecule has 0 atom stereocenters. The van der Waals surface area contributed by atoms with Crippen molar-refractivity contribution in [2.75, 3.05) is 33.2 Å². The van der Waals surface area contributed by atoms with Crippen molar-refractivity contribution in [1.29, 1.82) is 0 Å². The Hall–Kier alpha value is -2.21. The van der Waals surface area contributed by atoms with Gasteiger partial charge in [0, 0.05) is 32.1 Å². The van der Waals surface area contributed by atoms with E-state index in [4.69, 9.17) is 5.10 Å². The molecular formula is C19H23FN4O. The van der Waals surface area contributed by atoms with E-state index >= 15 is 0 Å². The van der Waals surface area contributed by atoms with Crippen LogP contribution < -0.4 is 0 Å². The number of hydrogen-bond donors (Lipinski definition) is 0. The fourth-order valence-electron chi connectivity index (χ4n) is 3.43. The Kier molecular flexibility index (Phi) is 4.07. The summed E-state index contributed by atoms with van der Waals surface area (Å²) in [6.45, 7) is 5.23. The van der Waals surface area contributed by atoms with Gasteiger partial charge in [0.15, 0.2) is 0 Å². The van der Waals surface area contributed by atoms with Crippen molar-refractivity contribution in [1.82, 2.24) is 19.6 Å². The lowest BCUT2D eigenvalue weighted by Gasteiger charge is -2.32. The summed E-state index contributed by atoms with van der Waals surface area (Å²) in [5, 5.41) is 4.74. The first kappa shape index (κ1) is 16.3. The number of aromatic nitrogens is 2. The summed E-state index contributed by atoms with van der Waals surface area (Å²) >= 11 is 0. The average Bonchev–Trinajstić information content (AvgIpc) is 3.39. The van der Waals surface area contributed by atoms with Gasteiger partial charge in [-0.2, -0.15) is 5.10 Å². The quantitative estimate of drug-likeness (QED) is 0.861. The fraction of sp³-hybridized carbons (Fsp3) is 0.474. The molecule has 2 aliphatic rings. The molecule has 2 aromatic rings. The number of amides is 1. The van der Waals surface area contributed by atoms with E-state index in [1.54, 1.807) is 16.8 Å². The van der Waals surface area contributed by atoms with Crippen LogP contribution in [0.25, 0.3) is 5.69 Å². The maximum atomic E-state index is 13.2. The van der Waals surface area contributed by atoms with Gasteiger partial charge >= 0.3 is 0 Å². The van der Waals surface area contributed by atoms with Crippen LogP contribution in [0.3, 0.4) is 0 Å². The maximum absolute atomic E-state index is 13.2. The van der Waals surface area contributed by atoms with Crippen LogP contribution in [0, 0.1) is 12.7 Å². The standard InChI is InChI=1S/C19H23FN4O/c1-13-17(19(25)23-11-9-22(2)10-12-23)18(14-3-4-14)21-24(13)16-7-5-15(20)6-8-16/h5-8,14H,3-4,9-12H2,1-2H3. The van der Waals surface area contributed by atoms with Crippen molar-refractivity contribution in [2.24, 2.45) is 0 Å². The number of hydrogen-bond acceptors (Lipinski definition) is 3. The highest BCUT2D eigenvalue weighted by atomic mass is 19.1. The molecule has 1 amide bonds. The average molecular weight is 342 g/mol. The third-order valence-corrected chi connectivity index (χ3v) is 5.18. The molecule has 0 radical (unpaired) electrons. The van der Waals surface area contributed by atoms with E-state index in [0.29, 0.717) is 5.92 Å². The Morgan fingerprint density at radius 3 is 2.36 bits per heavy atom. The van der Waals surface area contributed by atoms with E-state index in [2.05, 4.69) is 11.9 Å². The van der Waals surface area contributed by atoms with Crippen molar-refractivity contribution in [2.45, 2.75) is 25.7 Å². The van der Waals surface area contributed by atoms with Crippen molar-refractivity contribution in [3.8, 4) is 5.69 Å². The molecule has 2 heterocycles. The zero-order chi connectivity index (χ0) is 17.6. The van der Waals surface area contributed by atoms with Gasteiger partial charge in [0.05, 0.1) is 22.6 Å². The highest BCUT2D eigenvalue weighted by molar-refractivity contribution is 5.97. The van der Waals surface area contributed by atoms with Crippen LogP contribution >= 0.6 is 0 Å². The van der Waals surface area contributed by atoms with Crippen LogP contribution in [-0.2, 0) is 0 Å². The maximum Gasteiger partial charge on any atom is 0.257 e. The van der Waals surface area contributed by atoms with Crippen LogP contribution in [0.1, 0.15) is 40.5 Å². The van der Waals surface area contributed by atoms with Gasteiger partial charge in [-0.25, -0.2) is 9.07 Å². The molecule has 1 saturated heterocycles. The molecule has 1 aliphatic carbocycles. The minimum atomic E-state index is -0.273. The Labute approximate surface area is 147 Å². The van der Waals surface area contributed by atoms with Gasteiger partial charge in [0.25, 0.3) is 5.91 Å². The number of benzene rings is 1. The van der Waals surface area contributed by atoms with E-state index in [0.717, 1.165) is 61.7 Å². The number of piperazine rings is 1. The van der Waals surface area contributed by atoms with Crippen LogP contribution in [-0.4, -0.2) is 58.7 Å². The summed E-state index contributed by atoms with van der Waals surface area (Å²) in [6, 6.07) is 6.26. The molecule has 1 aliphatic heterocycles. The van der Waals surface area contributed by atoms with Crippen LogP contribution in [0.15, 0.2) is 24.3 Å². The van der Waals surface area contributed by atoms with Gasteiger partial charge in [-0.3, -0.25) is 4.79 Å². The number of likely N-dealkylation sites (N-methyl/N-ethyl adjacent to an activating group) is 1. The van der Waals surface area contributed by atoms with Crippen molar-refractivity contribution < 1.29 is 9.18 Å². The minimum absolute atomic E-state index is 0.0841. The lowest BCUT2D eigenvalue weighted by molar-refractivity contribution is 0.0662. The van der Waals surface area contributed by atoms with Gasteiger partial charge in [-0.1, -0.05) is 0 Å². The summed E-state index contributed by atoms with van der Waals surface area (Å²) in [7, 11) is 2.08. The third kappa shape index (κ3) is 3.06. The van der Waals surface area contributed by atoms with E-state index in [9.17, 15) is 9.18 Å². The van der Waals surface area contributed by atoms with E-state index < -0.39 is 0 Å². The SMILES string of the molecule is Cc1c(C(=O)N2CCN(C)CC2)c(C2CC2)nn1-c1ccc(F)cc1. The highest BCUT2D eigenvalue weighted by Crippen LogP contribution is 2.42. The van der Waals surface area contributed by atoms with Crippen molar-refractivity contribution in [3.63, 3.8) is 0 Å². The zero-order valence-electron chi connectivity index (χ0n) is 14.7. The Morgan fingerprint density at radius 1 is 1.12 bits per heavy atom. The Balaban J connectivity index is 1.71. The van der Waals surface area contributed by atoms with Crippen molar-refractivity contribution in [3.05, 3.63) is 47.0 Å². The molecule has 1 aromatic heterocycles. The van der Waals surface area contributed by atoms with Gasteiger partial charge in [-0.05, 0) is 51.1 Å². The van der Waals surface area contributed by atoms with Gasteiger partial charge in [0.2, 0.25) is 0 Å². The molecule has 0 N–H and O–H groups in total. The molecule has 0 spiro atoms. The second kappa shape index (κ2) is 6.26. The van der Waals surface area contributed by atoms with E-state index in [-0.39, 0.29) is 11.7 Å². The molecule has 1 aromatic carbocycles. The van der Waals surface area contributed by atoms with Crippen LogP contribution in [0.5, 0.6) is 0 Å². The predicted octanol–water partition coefficient (Wildman–Crippen LogP) is 2.58. The smallest absolute Gasteiger partial charge is 0.257 e. The van der Waals surface area contributed by atoms with Gasteiger partial charge in [-0.15, -0.1) is 0 Å². The van der Waals surface area contributed by atoms with Crippen molar-refractivity contribution >= 4 is 5.91 Å². The third-order valence-electron chi connectivity index (χ3n) is 5.18. The second-order valence-electron chi connectivity index (χ2n) is 7.10. The Bertz CT molecular complexity index is 787. The topological polar surface area (TPSA) is 41.4 Å². The summed E-state index contributed by atoms with van der Waals surface area (Å²) in [5.41, 5.74) is 3.29. The molecule has 2 fully saturated rings. The molecule has 0 bridgehead atoms. The van der Waals surface area contributed by atoms with Crippen LogP contribution in [0.2, 0.25) is 0 Å². The van der Waals surface area contributed by atoms with E-state index in [1.807, 2.05) is 11.8 Å². The fourth-order valence-corrected chi connectivity index (χ4v) is 3.43. The molecule has 0 unspecified atom stereocenters. The summed E-state index contributed by atoms with van der Waals surface area (Å²) in [6.07, 6.45) is 2.17. The first-order valence-corrected chi connectivity index (χ1v) is 8.88. The Morgan fingerprint density at radius 2 is 1.76 bits per heavy atom. The van der Waals surface area contributed by atoms with Crippen LogP contribution in [0.4, 0.5) is 4.39 Å². The molecule has 5 nitrogen and oxygen atoms in total. The summed E-state index contributed by atoms with van der Waals surface area (Å²) in [5.74, 6) is 0.192. The zero-order valence-corrected chi connectivity index (χ0v) is 14.7. The van der Waals surface area contributed by atoms with Gasteiger partial charge < -0.3 is 9.80 Å².